The van der Waals surface area contributed by atoms with E-state index in [1.54, 1.807) is 6.07 Å². The van der Waals surface area contributed by atoms with Gasteiger partial charge in [0.25, 0.3) is 0 Å². The fourth-order valence-electron chi connectivity index (χ4n) is 2.11. The predicted octanol–water partition coefficient (Wildman–Crippen LogP) is 3.06. The molecule has 1 atom stereocenters. The number of hydrogen-bond donors (Lipinski definition) is 1. The highest BCUT2D eigenvalue weighted by Gasteiger charge is 2.13. The van der Waals surface area contributed by atoms with Gasteiger partial charge in [-0.3, -0.25) is 0 Å². The summed E-state index contributed by atoms with van der Waals surface area (Å²) in [5, 5.41) is 3.25. The Morgan fingerprint density at radius 1 is 1.50 bits per heavy atom. The standard InChI is InChI=1S/C14H20FNO2/c1-2-18-14-6-5-12(8-13(14)15)16-9-11-4-3-7-17-10-11/h5-6,8,11,16H,2-4,7,9-10H2,1H3. The molecule has 1 heterocycles. The minimum Gasteiger partial charge on any atom is -0.491 e. The van der Waals surface area contributed by atoms with Crippen molar-refractivity contribution in [1.29, 1.82) is 0 Å². The molecule has 1 unspecified atom stereocenters. The van der Waals surface area contributed by atoms with E-state index in [4.69, 9.17) is 9.47 Å². The van der Waals surface area contributed by atoms with Crippen molar-refractivity contribution in [3.05, 3.63) is 24.0 Å². The first kappa shape index (κ1) is 13.1. The Kier molecular flexibility index (Phi) is 4.81. The van der Waals surface area contributed by atoms with Crippen molar-refractivity contribution < 1.29 is 13.9 Å². The lowest BCUT2D eigenvalue weighted by molar-refractivity contribution is 0.0595. The molecular weight excluding hydrogens is 233 g/mol. The zero-order chi connectivity index (χ0) is 12.8. The zero-order valence-electron chi connectivity index (χ0n) is 10.7. The summed E-state index contributed by atoms with van der Waals surface area (Å²) in [4.78, 5) is 0. The summed E-state index contributed by atoms with van der Waals surface area (Å²) in [6.45, 7) is 4.81. The van der Waals surface area contributed by atoms with Gasteiger partial charge in [0.1, 0.15) is 0 Å². The van der Waals surface area contributed by atoms with Gasteiger partial charge in [0, 0.05) is 24.9 Å². The molecule has 2 rings (SSSR count). The number of hydrogen-bond acceptors (Lipinski definition) is 3. The molecule has 18 heavy (non-hydrogen) atoms. The van der Waals surface area contributed by atoms with Crippen LogP contribution in [-0.2, 0) is 4.74 Å². The van der Waals surface area contributed by atoms with E-state index in [1.807, 2.05) is 13.0 Å². The lowest BCUT2D eigenvalue weighted by Gasteiger charge is -2.22. The Balaban J connectivity index is 1.87. The van der Waals surface area contributed by atoms with Gasteiger partial charge in [-0.1, -0.05) is 0 Å². The molecule has 1 saturated heterocycles. The Morgan fingerprint density at radius 2 is 2.39 bits per heavy atom. The average Bonchev–Trinajstić information content (AvgIpc) is 2.41. The van der Waals surface area contributed by atoms with Crippen molar-refractivity contribution in [2.75, 3.05) is 31.7 Å². The van der Waals surface area contributed by atoms with Gasteiger partial charge in [-0.25, -0.2) is 4.39 Å². The molecule has 0 aliphatic carbocycles. The first-order valence-electron chi connectivity index (χ1n) is 6.53. The van der Waals surface area contributed by atoms with Gasteiger partial charge in [-0.05, 0) is 37.8 Å². The van der Waals surface area contributed by atoms with Gasteiger partial charge in [-0.2, -0.15) is 0 Å². The van der Waals surface area contributed by atoms with Crippen LogP contribution in [0.5, 0.6) is 5.75 Å². The third-order valence-corrected chi connectivity index (χ3v) is 3.08. The lowest BCUT2D eigenvalue weighted by atomic mass is 10.0. The molecule has 1 fully saturated rings. The van der Waals surface area contributed by atoms with Crippen molar-refractivity contribution >= 4 is 5.69 Å². The van der Waals surface area contributed by atoms with Crippen LogP contribution >= 0.6 is 0 Å². The first-order valence-corrected chi connectivity index (χ1v) is 6.53. The van der Waals surface area contributed by atoms with Crippen LogP contribution in [-0.4, -0.2) is 26.4 Å². The summed E-state index contributed by atoms with van der Waals surface area (Å²) in [5.74, 6) is 0.513. The summed E-state index contributed by atoms with van der Waals surface area (Å²) in [6.07, 6.45) is 2.29. The maximum atomic E-state index is 13.6. The number of ether oxygens (including phenoxy) is 2. The summed E-state index contributed by atoms with van der Waals surface area (Å²) in [5.41, 5.74) is 0.793. The molecule has 1 aromatic carbocycles. The van der Waals surface area contributed by atoms with E-state index in [0.717, 1.165) is 31.9 Å². The molecule has 1 N–H and O–H groups in total. The van der Waals surface area contributed by atoms with Crippen LogP contribution in [0.2, 0.25) is 0 Å². The van der Waals surface area contributed by atoms with Crippen molar-refractivity contribution in [3.8, 4) is 5.75 Å². The molecule has 0 spiro atoms. The van der Waals surface area contributed by atoms with Crippen LogP contribution in [0.3, 0.4) is 0 Å². The smallest absolute Gasteiger partial charge is 0.167 e. The highest BCUT2D eigenvalue weighted by atomic mass is 19.1. The van der Waals surface area contributed by atoms with E-state index in [-0.39, 0.29) is 5.82 Å². The minimum atomic E-state index is -0.318. The van der Waals surface area contributed by atoms with Crippen LogP contribution in [0.25, 0.3) is 0 Å². The van der Waals surface area contributed by atoms with Crippen LogP contribution in [0.1, 0.15) is 19.8 Å². The maximum absolute atomic E-state index is 13.6. The molecule has 0 aromatic heterocycles. The van der Waals surface area contributed by atoms with Gasteiger partial charge in [0.05, 0.1) is 13.2 Å². The van der Waals surface area contributed by atoms with E-state index >= 15 is 0 Å². The van der Waals surface area contributed by atoms with E-state index < -0.39 is 0 Å². The quantitative estimate of drug-likeness (QED) is 0.874. The second kappa shape index (κ2) is 6.59. The van der Waals surface area contributed by atoms with Crippen molar-refractivity contribution in [2.45, 2.75) is 19.8 Å². The topological polar surface area (TPSA) is 30.5 Å². The van der Waals surface area contributed by atoms with Gasteiger partial charge in [-0.15, -0.1) is 0 Å². The minimum absolute atomic E-state index is 0.309. The molecule has 0 saturated carbocycles. The van der Waals surface area contributed by atoms with E-state index in [9.17, 15) is 4.39 Å². The molecular formula is C14H20FNO2. The lowest BCUT2D eigenvalue weighted by Crippen LogP contribution is -2.24. The van der Waals surface area contributed by atoms with Gasteiger partial charge in [0.15, 0.2) is 11.6 Å². The number of rotatable bonds is 5. The third kappa shape index (κ3) is 3.60. The fourth-order valence-corrected chi connectivity index (χ4v) is 2.11. The number of anilines is 1. The molecule has 1 aromatic rings. The summed E-state index contributed by atoms with van der Waals surface area (Å²) >= 11 is 0. The Labute approximate surface area is 107 Å². The normalized spacial score (nSPS) is 19.6. The van der Waals surface area contributed by atoms with Gasteiger partial charge in [0.2, 0.25) is 0 Å². The highest BCUT2D eigenvalue weighted by Crippen LogP contribution is 2.22. The van der Waals surface area contributed by atoms with Crippen molar-refractivity contribution in [1.82, 2.24) is 0 Å². The predicted molar refractivity (Wildman–Crippen MR) is 69.6 cm³/mol. The summed E-state index contributed by atoms with van der Waals surface area (Å²) in [7, 11) is 0. The molecule has 0 radical (unpaired) electrons. The van der Waals surface area contributed by atoms with Gasteiger partial charge >= 0.3 is 0 Å². The van der Waals surface area contributed by atoms with E-state index in [1.165, 1.54) is 12.5 Å². The second-order valence-corrected chi connectivity index (χ2v) is 4.54. The van der Waals surface area contributed by atoms with Crippen LogP contribution in [0.4, 0.5) is 10.1 Å². The van der Waals surface area contributed by atoms with Crippen molar-refractivity contribution in [2.24, 2.45) is 5.92 Å². The zero-order valence-corrected chi connectivity index (χ0v) is 10.7. The molecule has 100 valence electrons. The molecule has 0 bridgehead atoms. The van der Waals surface area contributed by atoms with Crippen molar-refractivity contribution in [3.63, 3.8) is 0 Å². The molecule has 1 aliphatic heterocycles. The van der Waals surface area contributed by atoms with E-state index in [0.29, 0.717) is 18.3 Å². The summed E-state index contributed by atoms with van der Waals surface area (Å²) < 4.78 is 24.2. The highest BCUT2D eigenvalue weighted by molar-refractivity contribution is 5.47. The van der Waals surface area contributed by atoms with Crippen LogP contribution in [0, 0.1) is 11.7 Å². The maximum Gasteiger partial charge on any atom is 0.167 e. The number of benzene rings is 1. The Hall–Kier alpha value is -1.29. The SMILES string of the molecule is CCOc1ccc(NCC2CCCOC2)cc1F. The van der Waals surface area contributed by atoms with Gasteiger partial charge < -0.3 is 14.8 Å². The first-order chi connectivity index (χ1) is 8.79. The molecule has 1 aliphatic rings. The molecule has 3 nitrogen and oxygen atoms in total. The largest absolute Gasteiger partial charge is 0.491 e. The Bertz CT molecular complexity index is 378. The fraction of sp³-hybridized carbons (Fsp3) is 0.571. The molecule has 4 heteroatoms. The van der Waals surface area contributed by atoms with E-state index in [2.05, 4.69) is 5.32 Å². The third-order valence-electron chi connectivity index (χ3n) is 3.08. The van der Waals surface area contributed by atoms with Crippen LogP contribution in [0.15, 0.2) is 18.2 Å². The van der Waals surface area contributed by atoms with Crippen LogP contribution < -0.4 is 10.1 Å². The summed E-state index contributed by atoms with van der Waals surface area (Å²) in [6, 6.07) is 4.99. The number of nitrogens with one attached hydrogen (secondary N) is 1. The average molecular weight is 253 g/mol. The second-order valence-electron chi connectivity index (χ2n) is 4.54. The number of halogens is 1. The molecule has 0 amide bonds. The monoisotopic (exact) mass is 253 g/mol. The Morgan fingerprint density at radius 3 is 3.06 bits per heavy atom.